The summed E-state index contributed by atoms with van der Waals surface area (Å²) in [5.74, 6) is 1.07. The summed E-state index contributed by atoms with van der Waals surface area (Å²) in [6.45, 7) is 0. The largest absolute Gasteiger partial charge is 0.295 e. The van der Waals surface area contributed by atoms with E-state index < -0.39 is 5.41 Å². The van der Waals surface area contributed by atoms with Crippen LogP contribution in [0.4, 0.5) is 0 Å². The number of para-hydroxylation sites is 3. The highest BCUT2D eigenvalue weighted by Crippen LogP contribution is 2.62. The van der Waals surface area contributed by atoms with Crippen LogP contribution in [0, 0.1) is 0 Å². The van der Waals surface area contributed by atoms with E-state index in [1.54, 1.807) is 0 Å². The fourth-order valence-electron chi connectivity index (χ4n) is 9.62. The second-order valence-electron chi connectivity index (χ2n) is 14.3. The van der Waals surface area contributed by atoms with Crippen LogP contribution < -0.4 is 0 Å². The van der Waals surface area contributed by atoms with E-state index in [0.29, 0.717) is 0 Å². The highest BCUT2D eigenvalue weighted by Gasteiger charge is 2.54. The molecule has 2 heterocycles. The molecule has 0 saturated carbocycles. The molecule has 0 bridgehead atoms. The lowest BCUT2D eigenvalue weighted by atomic mass is 9.72. The Bertz CT molecular complexity index is 3150. The third-order valence-electron chi connectivity index (χ3n) is 11.7. The quantitative estimate of drug-likeness (QED) is 0.133. The zero-order valence-corrected chi connectivity index (χ0v) is 28.2. The third-order valence-corrected chi connectivity index (χ3v) is 11.7. The Labute approximate surface area is 300 Å². The standard InChI is InChI=1S/C50H30N2/c1-2-13-32-30-41-35(28-31(32)12-1)26-27-39-36(17-10-19-38(39)41)33-14-9-15-34(29-33)37-18-11-22-44-48(37)40-16-3-4-20-42(40)50(44)43-21-5-7-24-46(43)52-47-25-8-6-23-45(47)51-49(50)52/h1-30H. The molecule has 240 valence electrons. The van der Waals surface area contributed by atoms with Gasteiger partial charge in [0.05, 0.1) is 16.7 Å². The predicted molar refractivity (Wildman–Crippen MR) is 215 cm³/mol. The molecule has 0 N–H and O–H groups in total. The van der Waals surface area contributed by atoms with Crippen LogP contribution >= 0.6 is 0 Å². The minimum Gasteiger partial charge on any atom is -0.295 e. The topological polar surface area (TPSA) is 17.8 Å². The van der Waals surface area contributed by atoms with Crippen LogP contribution in [0.15, 0.2) is 182 Å². The average molecular weight is 659 g/mol. The maximum atomic E-state index is 5.43. The molecule has 2 nitrogen and oxygen atoms in total. The van der Waals surface area contributed by atoms with Crippen molar-refractivity contribution < 1.29 is 0 Å². The molecule has 1 unspecified atom stereocenters. The molecule has 0 radical (unpaired) electrons. The van der Waals surface area contributed by atoms with Crippen LogP contribution in [-0.2, 0) is 5.41 Å². The lowest BCUT2D eigenvalue weighted by Crippen LogP contribution is -2.27. The Morgan fingerprint density at radius 3 is 2.00 bits per heavy atom. The summed E-state index contributed by atoms with van der Waals surface area (Å²) in [6, 6.07) is 67.1. The van der Waals surface area contributed by atoms with Gasteiger partial charge in [-0.3, -0.25) is 4.57 Å². The molecule has 0 saturated heterocycles. The van der Waals surface area contributed by atoms with Crippen molar-refractivity contribution in [1.29, 1.82) is 0 Å². The molecule has 1 atom stereocenters. The number of aromatic nitrogens is 2. The number of nitrogens with zero attached hydrogens (tertiary/aromatic N) is 2. The van der Waals surface area contributed by atoms with Crippen LogP contribution in [0.3, 0.4) is 0 Å². The van der Waals surface area contributed by atoms with E-state index in [9.17, 15) is 0 Å². The molecule has 1 aliphatic heterocycles. The van der Waals surface area contributed by atoms with Crippen LogP contribution in [0.5, 0.6) is 0 Å². The lowest BCUT2D eigenvalue weighted by Gasteiger charge is -2.27. The molecule has 2 aliphatic rings. The van der Waals surface area contributed by atoms with E-state index >= 15 is 0 Å². The van der Waals surface area contributed by atoms with Crippen LogP contribution in [-0.4, -0.2) is 9.55 Å². The van der Waals surface area contributed by atoms with Crippen molar-refractivity contribution >= 4 is 43.4 Å². The number of benzene rings is 9. The van der Waals surface area contributed by atoms with Gasteiger partial charge in [0.1, 0.15) is 11.2 Å². The van der Waals surface area contributed by atoms with E-state index in [1.807, 2.05) is 0 Å². The summed E-state index contributed by atoms with van der Waals surface area (Å²) in [5, 5.41) is 7.66. The molecule has 0 amide bonds. The van der Waals surface area contributed by atoms with Crippen molar-refractivity contribution in [2.75, 3.05) is 0 Å². The second-order valence-corrected chi connectivity index (χ2v) is 14.3. The van der Waals surface area contributed by atoms with Gasteiger partial charge in [0.15, 0.2) is 0 Å². The predicted octanol–water partition coefficient (Wildman–Crippen LogP) is 12.5. The fraction of sp³-hybridized carbons (Fsp3) is 0.0200. The zero-order valence-electron chi connectivity index (χ0n) is 28.2. The van der Waals surface area contributed by atoms with Gasteiger partial charge < -0.3 is 0 Å². The summed E-state index contributed by atoms with van der Waals surface area (Å²) >= 11 is 0. The SMILES string of the molecule is c1cc(-c2cccc3c2-c2ccccc2C32c3ccccc3-n3c2nc2ccccc23)cc(-c2cccc3c2ccc2cc4ccccc4cc23)c1. The minimum absolute atomic E-state index is 0.518. The molecule has 1 spiro atoms. The monoisotopic (exact) mass is 658 g/mol. The molecule has 52 heavy (non-hydrogen) atoms. The summed E-state index contributed by atoms with van der Waals surface area (Å²) in [4.78, 5) is 5.43. The van der Waals surface area contributed by atoms with Crippen molar-refractivity contribution in [3.8, 4) is 39.1 Å². The van der Waals surface area contributed by atoms with Gasteiger partial charge in [0.25, 0.3) is 0 Å². The molecule has 1 aliphatic carbocycles. The summed E-state index contributed by atoms with van der Waals surface area (Å²) in [7, 11) is 0. The maximum absolute atomic E-state index is 5.43. The highest BCUT2D eigenvalue weighted by atomic mass is 15.1. The average Bonchev–Trinajstić information content (AvgIpc) is 3.84. The summed E-state index contributed by atoms with van der Waals surface area (Å²) < 4.78 is 2.40. The zero-order chi connectivity index (χ0) is 34.0. The number of rotatable bonds is 2. The minimum atomic E-state index is -0.518. The molecule has 0 fully saturated rings. The molecular formula is C50H30N2. The number of fused-ring (bicyclic) bond motifs is 16. The van der Waals surface area contributed by atoms with Gasteiger partial charge in [0, 0.05) is 0 Å². The van der Waals surface area contributed by atoms with E-state index in [2.05, 4.69) is 187 Å². The normalized spacial score (nSPS) is 15.4. The molecule has 10 aromatic rings. The van der Waals surface area contributed by atoms with Gasteiger partial charge >= 0.3 is 0 Å². The number of hydrogen-bond acceptors (Lipinski definition) is 1. The highest BCUT2D eigenvalue weighted by molar-refractivity contribution is 6.15. The van der Waals surface area contributed by atoms with E-state index in [4.69, 9.17) is 4.98 Å². The second kappa shape index (κ2) is 10.2. The van der Waals surface area contributed by atoms with Crippen molar-refractivity contribution in [3.05, 3.63) is 205 Å². The first kappa shape index (κ1) is 28.0. The van der Waals surface area contributed by atoms with Crippen molar-refractivity contribution in [2.24, 2.45) is 0 Å². The summed E-state index contributed by atoms with van der Waals surface area (Å²) in [5.41, 5.74) is 14.2. The summed E-state index contributed by atoms with van der Waals surface area (Å²) in [6.07, 6.45) is 0. The first-order valence-electron chi connectivity index (χ1n) is 18.1. The van der Waals surface area contributed by atoms with Gasteiger partial charge in [-0.1, -0.05) is 146 Å². The van der Waals surface area contributed by atoms with Gasteiger partial charge in [-0.15, -0.1) is 0 Å². The first-order valence-corrected chi connectivity index (χ1v) is 18.1. The van der Waals surface area contributed by atoms with Gasteiger partial charge in [0.2, 0.25) is 0 Å². The fourth-order valence-corrected chi connectivity index (χ4v) is 9.62. The van der Waals surface area contributed by atoms with E-state index in [-0.39, 0.29) is 0 Å². The van der Waals surface area contributed by atoms with Gasteiger partial charge in [-0.05, 0) is 119 Å². The molecule has 9 aromatic carbocycles. The Balaban J connectivity index is 1.09. The lowest BCUT2D eigenvalue weighted by molar-refractivity contribution is 0.738. The third kappa shape index (κ3) is 3.51. The van der Waals surface area contributed by atoms with Gasteiger partial charge in [-0.25, -0.2) is 4.98 Å². The van der Waals surface area contributed by atoms with Gasteiger partial charge in [-0.2, -0.15) is 0 Å². The van der Waals surface area contributed by atoms with Crippen molar-refractivity contribution in [2.45, 2.75) is 5.41 Å². The van der Waals surface area contributed by atoms with Crippen LogP contribution in [0.2, 0.25) is 0 Å². The maximum Gasteiger partial charge on any atom is 0.134 e. The van der Waals surface area contributed by atoms with Crippen molar-refractivity contribution in [1.82, 2.24) is 9.55 Å². The van der Waals surface area contributed by atoms with Crippen molar-refractivity contribution in [3.63, 3.8) is 0 Å². The number of imidazole rings is 1. The smallest absolute Gasteiger partial charge is 0.134 e. The van der Waals surface area contributed by atoms with E-state index in [1.165, 1.54) is 88.1 Å². The number of hydrogen-bond donors (Lipinski definition) is 0. The Kier molecular flexibility index (Phi) is 5.46. The van der Waals surface area contributed by atoms with E-state index in [0.717, 1.165) is 16.9 Å². The van der Waals surface area contributed by atoms with Crippen LogP contribution in [0.25, 0.3) is 82.4 Å². The molecular weight excluding hydrogens is 629 g/mol. The molecule has 2 heteroatoms. The van der Waals surface area contributed by atoms with Crippen LogP contribution in [0.1, 0.15) is 22.5 Å². The first-order chi connectivity index (χ1) is 25.8. The molecule has 1 aromatic heterocycles. The Hall–Kier alpha value is -6.77. The Morgan fingerprint density at radius 1 is 0.404 bits per heavy atom. The Morgan fingerprint density at radius 2 is 1.08 bits per heavy atom. The molecule has 12 rings (SSSR count).